The van der Waals surface area contributed by atoms with Gasteiger partial charge in [-0.3, -0.25) is 9.78 Å². The summed E-state index contributed by atoms with van der Waals surface area (Å²) in [5.74, 6) is -0.852. The van der Waals surface area contributed by atoms with Crippen molar-refractivity contribution in [3.63, 3.8) is 0 Å². The third-order valence-corrected chi connectivity index (χ3v) is 3.59. The van der Waals surface area contributed by atoms with Gasteiger partial charge in [0.2, 0.25) is 0 Å². The highest BCUT2D eigenvalue weighted by molar-refractivity contribution is 5.77. The average molecular weight is 306 g/mol. The molecule has 1 aromatic rings. The molecule has 0 saturated carbocycles. The van der Waals surface area contributed by atoms with E-state index in [1.165, 1.54) is 7.11 Å². The van der Waals surface area contributed by atoms with E-state index in [1.54, 1.807) is 17.3 Å². The van der Waals surface area contributed by atoms with E-state index >= 15 is 0 Å². The highest BCUT2D eigenvalue weighted by Gasteiger charge is 2.42. The van der Waals surface area contributed by atoms with Gasteiger partial charge in [-0.05, 0) is 32.4 Å². The third-order valence-electron chi connectivity index (χ3n) is 3.59. The molecule has 1 aliphatic heterocycles. The molecule has 2 rings (SSSR count). The van der Waals surface area contributed by atoms with E-state index in [4.69, 9.17) is 9.47 Å². The van der Waals surface area contributed by atoms with Crippen LogP contribution in [0.4, 0.5) is 4.79 Å². The number of aromatic nitrogens is 1. The van der Waals surface area contributed by atoms with Crippen molar-refractivity contribution in [2.24, 2.45) is 5.92 Å². The number of carbonyl (C=O) groups is 2. The van der Waals surface area contributed by atoms with Gasteiger partial charge in [-0.15, -0.1) is 0 Å². The van der Waals surface area contributed by atoms with Crippen LogP contribution in [-0.2, 0) is 14.3 Å². The van der Waals surface area contributed by atoms with Crippen molar-refractivity contribution in [1.82, 2.24) is 9.88 Å². The molecule has 0 radical (unpaired) electrons. The lowest BCUT2D eigenvalue weighted by atomic mass is 9.90. The normalized spacial score (nSPS) is 21.5. The smallest absolute Gasteiger partial charge is 0.410 e. The van der Waals surface area contributed by atoms with Crippen molar-refractivity contribution >= 4 is 12.1 Å². The number of esters is 1. The van der Waals surface area contributed by atoms with Crippen LogP contribution in [0.15, 0.2) is 24.5 Å². The Bertz CT molecular complexity index is 539. The molecule has 120 valence electrons. The minimum atomic E-state index is -0.565. The summed E-state index contributed by atoms with van der Waals surface area (Å²) in [7, 11) is 1.36. The van der Waals surface area contributed by atoms with Gasteiger partial charge in [0.05, 0.1) is 13.0 Å². The predicted octanol–water partition coefficient (Wildman–Crippen LogP) is 2.21. The number of carbonyl (C=O) groups excluding carboxylic acids is 2. The summed E-state index contributed by atoms with van der Waals surface area (Å²) in [6, 6.07) is 3.73. The molecule has 1 saturated heterocycles. The molecule has 0 bridgehead atoms. The van der Waals surface area contributed by atoms with Gasteiger partial charge in [0.25, 0.3) is 0 Å². The van der Waals surface area contributed by atoms with Crippen LogP contribution in [0.2, 0.25) is 0 Å². The highest BCUT2D eigenvalue weighted by atomic mass is 16.6. The van der Waals surface area contributed by atoms with Gasteiger partial charge < -0.3 is 14.4 Å². The second-order valence-corrected chi connectivity index (χ2v) is 6.41. The van der Waals surface area contributed by atoms with Crippen LogP contribution in [0.1, 0.15) is 32.3 Å². The van der Waals surface area contributed by atoms with E-state index in [2.05, 4.69) is 4.98 Å². The van der Waals surface area contributed by atoms with Gasteiger partial charge in [-0.2, -0.15) is 0 Å². The maximum Gasteiger partial charge on any atom is 0.410 e. The Balaban J connectivity index is 2.18. The number of nitrogens with zero attached hydrogens (tertiary/aromatic N) is 2. The molecule has 1 fully saturated rings. The molecule has 22 heavy (non-hydrogen) atoms. The lowest BCUT2D eigenvalue weighted by Gasteiger charge is -2.24. The van der Waals surface area contributed by atoms with E-state index in [-0.39, 0.29) is 11.9 Å². The first-order valence-corrected chi connectivity index (χ1v) is 7.27. The SMILES string of the molecule is COC(=O)[C@@H]1CN(C(=O)OC(C)(C)C)C[C@H]1c1cccnc1. The molecule has 2 atom stereocenters. The lowest BCUT2D eigenvalue weighted by molar-refractivity contribution is -0.145. The molecule has 0 spiro atoms. The highest BCUT2D eigenvalue weighted by Crippen LogP contribution is 2.33. The van der Waals surface area contributed by atoms with Gasteiger partial charge in [0.1, 0.15) is 5.60 Å². The van der Waals surface area contributed by atoms with Crippen molar-refractivity contribution < 1.29 is 19.1 Å². The predicted molar refractivity (Wildman–Crippen MR) is 80.3 cm³/mol. The Kier molecular flexibility index (Phi) is 4.68. The maximum absolute atomic E-state index is 12.2. The summed E-state index contributed by atoms with van der Waals surface area (Å²) in [5.41, 5.74) is 0.355. The average Bonchev–Trinajstić information content (AvgIpc) is 2.91. The molecule has 0 N–H and O–H groups in total. The number of rotatable bonds is 2. The zero-order chi connectivity index (χ0) is 16.3. The minimum absolute atomic E-state index is 0.131. The molecule has 1 aliphatic rings. The van der Waals surface area contributed by atoms with E-state index in [0.717, 1.165) is 5.56 Å². The summed E-state index contributed by atoms with van der Waals surface area (Å²) in [4.78, 5) is 29.9. The van der Waals surface area contributed by atoms with Crippen LogP contribution < -0.4 is 0 Å². The Hall–Kier alpha value is -2.11. The molecule has 6 heteroatoms. The first-order valence-electron chi connectivity index (χ1n) is 7.27. The number of pyridine rings is 1. The van der Waals surface area contributed by atoms with Crippen molar-refractivity contribution in [3.05, 3.63) is 30.1 Å². The maximum atomic E-state index is 12.2. The number of amides is 1. The Morgan fingerprint density at radius 1 is 1.32 bits per heavy atom. The van der Waals surface area contributed by atoms with Crippen LogP contribution in [0.25, 0.3) is 0 Å². The van der Waals surface area contributed by atoms with Gasteiger partial charge in [0, 0.05) is 31.4 Å². The van der Waals surface area contributed by atoms with Crippen LogP contribution in [0.3, 0.4) is 0 Å². The molecule has 0 aromatic carbocycles. The second-order valence-electron chi connectivity index (χ2n) is 6.41. The first kappa shape index (κ1) is 16.3. The van der Waals surface area contributed by atoms with Gasteiger partial charge in [-0.1, -0.05) is 6.07 Å². The van der Waals surface area contributed by atoms with E-state index in [0.29, 0.717) is 13.1 Å². The summed E-state index contributed by atoms with van der Waals surface area (Å²) >= 11 is 0. The molecule has 2 heterocycles. The monoisotopic (exact) mass is 306 g/mol. The van der Waals surface area contributed by atoms with Gasteiger partial charge >= 0.3 is 12.1 Å². The fourth-order valence-electron chi connectivity index (χ4n) is 2.60. The van der Waals surface area contributed by atoms with Crippen molar-refractivity contribution in [3.8, 4) is 0 Å². The van der Waals surface area contributed by atoms with Gasteiger partial charge in [0.15, 0.2) is 0 Å². The zero-order valence-electron chi connectivity index (χ0n) is 13.4. The molecular weight excluding hydrogens is 284 g/mol. The van der Waals surface area contributed by atoms with Crippen LogP contribution in [0.5, 0.6) is 0 Å². The largest absolute Gasteiger partial charge is 0.469 e. The molecular formula is C16H22N2O4. The summed E-state index contributed by atoms with van der Waals surface area (Å²) < 4.78 is 10.3. The quantitative estimate of drug-likeness (QED) is 0.784. The van der Waals surface area contributed by atoms with E-state index < -0.39 is 17.6 Å². The standard InChI is InChI=1S/C16H22N2O4/c1-16(2,3)22-15(20)18-9-12(11-6-5-7-17-8-11)13(10-18)14(19)21-4/h5-8,12-13H,9-10H2,1-4H3/t12-,13+/m0/s1. The Labute approximate surface area is 130 Å². The molecule has 1 amide bonds. The van der Waals surface area contributed by atoms with E-state index in [9.17, 15) is 9.59 Å². The minimum Gasteiger partial charge on any atom is -0.469 e. The van der Waals surface area contributed by atoms with Crippen LogP contribution in [0, 0.1) is 5.92 Å². The van der Waals surface area contributed by atoms with Crippen molar-refractivity contribution in [2.45, 2.75) is 32.3 Å². The number of likely N-dealkylation sites (tertiary alicyclic amines) is 1. The van der Waals surface area contributed by atoms with Crippen LogP contribution >= 0.6 is 0 Å². The fourth-order valence-corrected chi connectivity index (χ4v) is 2.60. The summed E-state index contributed by atoms with van der Waals surface area (Å²) in [5, 5.41) is 0. The van der Waals surface area contributed by atoms with Crippen molar-refractivity contribution in [1.29, 1.82) is 0 Å². The van der Waals surface area contributed by atoms with E-state index in [1.807, 2.05) is 32.9 Å². The first-order chi connectivity index (χ1) is 10.3. The zero-order valence-corrected chi connectivity index (χ0v) is 13.4. The second kappa shape index (κ2) is 6.34. The molecule has 0 unspecified atom stereocenters. The number of ether oxygens (including phenoxy) is 2. The number of hydrogen-bond acceptors (Lipinski definition) is 5. The third kappa shape index (κ3) is 3.75. The fraction of sp³-hybridized carbons (Fsp3) is 0.562. The molecule has 6 nitrogen and oxygen atoms in total. The topological polar surface area (TPSA) is 68.7 Å². The van der Waals surface area contributed by atoms with Gasteiger partial charge in [-0.25, -0.2) is 4.79 Å². The summed E-state index contributed by atoms with van der Waals surface area (Å²) in [6.45, 7) is 6.16. The number of hydrogen-bond donors (Lipinski definition) is 0. The number of methoxy groups -OCH3 is 1. The lowest BCUT2D eigenvalue weighted by Crippen LogP contribution is -2.36. The molecule has 1 aromatic heterocycles. The summed E-state index contributed by atoms with van der Waals surface area (Å²) in [6.07, 6.45) is 2.99. The molecule has 0 aliphatic carbocycles. The Morgan fingerprint density at radius 3 is 2.59 bits per heavy atom. The van der Waals surface area contributed by atoms with Crippen LogP contribution in [-0.4, -0.2) is 47.7 Å². The Morgan fingerprint density at radius 2 is 2.05 bits per heavy atom. The van der Waals surface area contributed by atoms with Crippen molar-refractivity contribution in [2.75, 3.05) is 20.2 Å².